The van der Waals surface area contributed by atoms with Gasteiger partial charge in [-0.1, -0.05) is 30.3 Å². The van der Waals surface area contributed by atoms with Crippen molar-refractivity contribution in [3.8, 4) is 11.3 Å². The van der Waals surface area contributed by atoms with Gasteiger partial charge in [-0.25, -0.2) is 9.97 Å². The molecule has 0 bridgehead atoms. The first-order valence-electron chi connectivity index (χ1n) is 10.5. The van der Waals surface area contributed by atoms with E-state index >= 15 is 0 Å². The highest BCUT2D eigenvalue weighted by Crippen LogP contribution is 2.27. The van der Waals surface area contributed by atoms with Gasteiger partial charge < -0.3 is 15.1 Å². The number of carbonyl (C=O) groups is 1. The number of benzene rings is 2. The summed E-state index contributed by atoms with van der Waals surface area (Å²) in [4.78, 5) is 25.8. The van der Waals surface area contributed by atoms with E-state index in [1.165, 1.54) is 5.69 Å². The number of anilines is 3. The maximum atomic E-state index is 12.6. The van der Waals surface area contributed by atoms with Gasteiger partial charge in [0.1, 0.15) is 12.1 Å². The summed E-state index contributed by atoms with van der Waals surface area (Å²) in [6.45, 7) is 7.54. The molecule has 3 aromatic rings. The van der Waals surface area contributed by atoms with E-state index in [0.717, 1.165) is 35.9 Å². The van der Waals surface area contributed by atoms with Crippen LogP contribution in [0.25, 0.3) is 11.3 Å². The first-order valence-corrected chi connectivity index (χ1v) is 10.5. The van der Waals surface area contributed by atoms with E-state index in [-0.39, 0.29) is 11.8 Å². The van der Waals surface area contributed by atoms with Crippen molar-refractivity contribution < 1.29 is 4.79 Å². The van der Waals surface area contributed by atoms with Gasteiger partial charge in [0.05, 0.1) is 11.6 Å². The van der Waals surface area contributed by atoms with Gasteiger partial charge in [-0.05, 0) is 38.1 Å². The molecular formula is C24H27N5O. The molecule has 0 unspecified atom stereocenters. The molecule has 1 fully saturated rings. The van der Waals surface area contributed by atoms with Crippen molar-refractivity contribution >= 4 is 23.1 Å². The van der Waals surface area contributed by atoms with E-state index in [0.29, 0.717) is 13.1 Å². The molecule has 0 spiro atoms. The minimum absolute atomic E-state index is 0.0393. The molecule has 0 radical (unpaired) electrons. The Balaban J connectivity index is 1.34. The van der Waals surface area contributed by atoms with Gasteiger partial charge in [0.25, 0.3) is 0 Å². The summed E-state index contributed by atoms with van der Waals surface area (Å²) in [6.07, 6.45) is 1.59. The Hall–Kier alpha value is -3.41. The average Bonchev–Trinajstić information content (AvgIpc) is 2.75. The molecule has 6 heteroatoms. The zero-order valence-electron chi connectivity index (χ0n) is 17.5. The number of aromatic nitrogens is 2. The molecule has 0 saturated carbocycles. The fraction of sp³-hybridized carbons (Fsp3) is 0.292. The maximum Gasteiger partial charge on any atom is 0.231 e. The predicted octanol–water partition coefficient (Wildman–Crippen LogP) is 4.06. The second kappa shape index (κ2) is 8.95. The topological polar surface area (TPSA) is 61.4 Å². The van der Waals surface area contributed by atoms with Crippen molar-refractivity contribution in [2.45, 2.75) is 13.8 Å². The Morgan fingerprint density at radius 2 is 1.73 bits per heavy atom. The normalized spacial score (nSPS) is 13.6. The van der Waals surface area contributed by atoms with E-state index in [4.69, 9.17) is 0 Å². The fourth-order valence-corrected chi connectivity index (χ4v) is 3.71. The van der Waals surface area contributed by atoms with Crippen molar-refractivity contribution in [2.24, 2.45) is 5.92 Å². The van der Waals surface area contributed by atoms with E-state index in [1.54, 1.807) is 6.33 Å². The number of hydrogen-bond acceptors (Lipinski definition) is 5. The third kappa shape index (κ3) is 4.27. The third-order valence-electron chi connectivity index (χ3n) is 5.56. The highest BCUT2D eigenvalue weighted by molar-refractivity contribution is 5.94. The lowest BCUT2D eigenvalue weighted by Gasteiger charge is -2.39. The Morgan fingerprint density at radius 1 is 1.03 bits per heavy atom. The molecule has 1 amide bonds. The summed E-state index contributed by atoms with van der Waals surface area (Å²) in [7, 11) is 0. The largest absolute Gasteiger partial charge is 0.372 e. The van der Waals surface area contributed by atoms with Crippen LogP contribution in [0.1, 0.15) is 13.8 Å². The first-order chi connectivity index (χ1) is 14.7. The molecule has 4 rings (SSSR count). The van der Waals surface area contributed by atoms with Gasteiger partial charge in [0.15, 0.2) is 0 Å². The molecule has 0 aliphatic carbocycles. The molecule has 6 nitrogen and oxygen atoms in total. The average molecular weight is 402 g/mol. The summed E-state index contributed by atoms with van der Waals surface area (Å²) in [5, 5.41) is 3.04. The SMILES string of the molecule is CCN(CC)c1ccc(NC(=O)C2CN(c3cc(-c4ccccc4)ncn3)C2)cc1. The Morgan fingerprint density at radius 3 is 2.40 bits per heavy atom. The van der Waals surface area contributed by atoms with Crippen molar-refractivity contribution in [2.75, 3.05) is 41.3 Å². The summed E-state index contributed by atoms with van der Waals surface area (Å²) in [5.74, 6) is 0.873. The van der Waals surface area contributed by atoms with Gasteiger partial charge in [-0.15, -0.1) is 0 Å². The van der Waals surface area contributed by atoms with Crippen molar-refractivity contribution in [1.29, 1.82) is 0 Å². The number of nitrogens with zero attached hydrogens (tertiary/aromatic N) is 4. The van der Waals surface area contributed by atoms with Gasteiger partial charge in [0, 0.05) is 49.2 Å². The number of rotatable bonds is 7. The van der Waals surface area contributed by atoms with Crippen LogP contribution in [0.15, 0.2) is 67.0 Å². The summed E-state index contributed by atoms with van der Waals surface area (Å²) < 4.78 is 0. The van der Waals surface area contributed by atoms with Crippen LogP contribution in [0, 0.1) is 5.92 Å². The Labute approximate surface area is 177 Å². The van der Waals surface area contributed by atoms with E-state index in [2.05, 4.69) is 51.1 Å². The number of hydrogen-bond donors (Lipinski definition) is 1. The predicted molar refractivity (Wildman–Crippen MR) is 122 cm³/mol. The van der Waals surface area contributed by atoms with Crippen LogP contribution in [0.4, 0.5) is 17.2 Å². The van der Waals surface area contributed by atoms with E-state index in [9.17, 15) is 4.79 Å². The van der Waals surface area contributed by atoms with E-state index < -0.39 is 0 Å². The minimum atomic E-state index is -0.0393. The molecule has 1 aliphatic rings. The molecule has 1 N–H and O–H groups in total. The summed E-state index contributed by atoms with van der Waals surface area (Å²) in [6, 6.07) is 20.1. The quantitative estimate of drug-likeness (QED) is 0.647. The molecule has 30 heavy (non-hydrogen) atoms. The van der Waals surface area contributed by atoms with Crippen molar-refractivity contribution in [3.63, 3.8) is 0 Å². The summed E-state index contributed by atoms with van der Waals surface area (Å²) >= 11 is 0. The third-order valence-corrected chi connectivity index (χ3v) is 5.56. The number of amides is 1. The Bertz CT molecular complexity index is 980. The van der Waals surface area contributed by atoms with Crippen LogP contribution in [0.2, 0.25) is 0 Å². The monoisotopic (exact) mass is 401 g/mol. The van der Waals surface area contributed by atoms with Gasteiger partial charge in [0.2, 0.25) is 5.91 Å². The van der Waals surface area contributed by atoms with Crippen LogP contribution in [-0.4, -0.2) is 42.1 Å². The molecule has 0 atom stereocenters. The zero-order chi connectivity index (χ0) is 20.9. The lowest BCUT2D eigenvalue weighted by Crippen LogP contribution is -2.52. The summed E-state index contributed by atoms with van der Waals surface area (Å²) in [5.41, 5.74) is 3.96. The highest BCUT2D eigenvalue weighted by Gasteiger charge is 2.33. The van der Waals surface area contributed by atoms with Crippen LogP contribution >= 0.6 is 0 Å². The molecule has 1 saturated heterocycles. The highest BCUT2D eigenvalue weighted by atomic mass is 16.2. The Kier molecular flexibility index (Phi) is 5.93. The molecule has 1 aliphatic heterocycles. The van der Waals surface area contributed by atoms with Crippen LogP contribution < -0.4 is 15.1 Å². The second-order valence-corrected chi connectivity index (χ2v) is 7.44. The smallest absolute Gasteiger partial charge is 0.231 e. The molecule has 2 heterocycles. The van der Waals surface area contributed by atoms with Crippen LogP contribution in [-0.2, 0) is 4.79 Å². The van der Waals surface area contributed by atoms with Gasteiger partial charge >= 0.3 is 0 Å². The number of carbonyl (C=O) groups excluding carboxylic acids is 1. The molecule has 2 aromatic carbocycles. The standard InChI is InChI=1S/C24H27N5O/c1-3-28(4-2)21-12-10-20(11-13-21)27-24(30)19-15-29(16-19)23-14-22(25-17-26-23)18-8-6-5-7-9-18/h5-14,17,19H,3-4,15-16H2,1-2H3,(H,27,30). The lowest BCUT2D eigenvalue weighted by atomic mass is 9.99. The molecule has 1 aromatic heterocycles. The minimum Gasteiger partial charge on any atom is -0.372 e. The lowest BCUT2D eigenvalue weighted by molar-refractivity contribution is -0.120. The number of nitrogens with one attached hydrogen (secondary N) is 1. The fourth-order valence-electron chi connectivity index (χ4n) is 3.71. The van der Waals surface area contributed by atoms with Crippen LogP contribution in [0.3, 0.4) is 0 Å². The van der Waals surface area contributed by atoms with Crippen LogP contribution in [0.5, 0.6) is 0 Å². The zero-order valence-corrected chi connectivity index (χ0v) is 17.5. The van der Waals surface area contributed by atoms with Crippen molar-refractivity contribution in [3.05, 3.63) is 67.0 Å². The van der Waals surface area contributed by atoms with Gasteiger partial charge in [-0.2, -0.15) is 0 Å². The molecular weight excluding hydrogens is 374 g/mol. The van der Waals surface area contributed by atoms with Gasteiger partial charge in [-0.3, -0.25) is 4.79 Å². The maximum absolute atomic E-state index is 12.6. The first kappa shape index (κ1) is 19.9. The van der Waals surface area contributed by atoms with E-state index in [1.807, 2.05) is 48.5 Å². The molecule has 154 valence electrons. The second-order valence-electron chi connectivity index (χ2n) is 7.44. The van der Waals surface area contributed by atoms with Crippen molar-refractivity contribution in [1.82, 2.24) is 9.97 Å².